The molecule has 0 saturated carbocycles. The lowest BCUT2D eigenvalue weighted by molar-refractivity contribution is -0.108. The van der Waals surface area contributed by atoms with Crippen molar-refractivity contribution >= 4 is 6.29 Å². The largest absolute Gasteiger partial charge is 0.303 e. The molecule has 0 rings (SSSR count). The van der Waals surface area contributed by atoms with Gasteiger partial charge in [-0.1, -0.05) is 44.6 Å². The second-order valence-electron chi connectivity index (χ2n) is 5.83. The lowest BCUT2D eigenvalue weighted by Crippen LogP contribution is -2.03. The summed E-state index contributed by atoms with van der Waals surface area (Å²) in [5.41, 5.74) is 1.46. The third-order valence-corrected chi connectivity index (χ3v) is 3.44. The summed E-state index contributed by atoms with van der Waals surface area (Å²) in [4.78, 5) is 10.4. The summed E-state index contributed by atoms with van der Waals surface area (Å²) in [6.45, 7) is 11.0. The number of aldehydes is 1. The molecule has 1 heteroatoms. The molecule has 0 aliphatic rings. The lowest BCUT2D eigenvalue weighted by Gasteiger charge is -2.13. The van der Waals surface area contributed by atoms with Crippen LogP contribution in [0, 0.1) is 17.8 Å². The number of hydrogen-bond donors (Lipinski definition) is 0. The highest BCUT2D eigenvalue weighted by atomic mass is 16.1. The maximum atomic E-state index is 10.4. The van der Waals surface area contributed by atoms with Gasteiger partial charge in [0.05, 0.1) is 0 Å². The van der Waals surface area contributed by atoms with E-state index >= 15 is 0 Å². The highest BCUT2D eigenvalue weighted by Gasteiger charge is 2.07. The summed E-state index contributed by atoms with van der Waals surface area (Å²) >= 11 is 0. The van der Waals surface area contributed by atoms with Gasteiger partial charge in [0.15, 0.2) is 0 Å². The Hall–Kier alpha value is -0.850. The maximum Gasteiger partial charge on any atom is 0.120 e. The van der Waals surface area contributed by atoms with Crippen molar-refractivity contribution in [2.75, 3.05) is 0 Å². The molecular formula is C17H30O. The van der Waals surface area contributed by atoms with Crippen molar-refractivity contribution in [2.45, 2.75) is 60.3 Å². The molecule has 0 spiro atoms. The van der Waals surface area contributed by atoms with Crippen LogP contribution < -0.4 is 0 Å². The Morgan fingerprint density at radius 1 is 1.11 bits per heavy atom. The monoisotopic (exact) mass is 250 g/mol. The standard InChI is InChI=1S/C17H30O/c1-6-14(2)12-15(3)8-7-9-16(4)13-17(5)10-11-18/h6-8,11,15-17H,9-10,12-13H2,1-5H3/b8-7+,14-6+. The molecule has 0 aromatic carbocycles. The predicted molar refractivity (Wildman–Crippen MR) is 80.6 cm³/mol. The second-order valence-corrected chi connectivity index (χ2v) is 5.83. The summed E-state index contributed by atoms with van der Waals surface area (Å²) in [5.74, 6) is 1.82. The topological polar surface area (TPSA) is 17.1 Å². The highest BCUT2D eigenvalue weighted by Crippen LogP contribution is 2.18. The zero-order valence-electron chi connectivity index (χ0n) is 12.8. The van der Waals surface area contributed by atoms with Crippen molar-refractivity contribution in [1.29, 1.82) is 0 Å². The number of carbonyl (C=O) groups excluding carboxylic acids is 1. The van der Waals surface area contributed by atoms with E-state index in [1.54, 1.807) is 0 Å². The molecule has 0 radical (unpaired) electrons. The van der Waals surface area contributed by atoms with E-state index in [1.165, 1.54) is 5.57 Å². The summed E-state index contributed by atoms with van der Waals surface area (Å²) in [7, 11) is 0. The minimum absolute atomic E-state index is 0.522. The first kappa shape index (κ1) is 17.2. The molecule has 0 amide bonds. The summed E-state index contributed by atoms with van der Waals surface area (Å²) in [5, 5.41) is 0. The van der Waals surface area contributed by atoms with Crippen LogP contribution >= 0.6 is 0 Å². The smallest absolute Gasteiger partial charge is 0.120 e. The van der Waals surface area contributed by atoms with Crippen molar-refractivity contribution in [3.63, 3.8) is 0 Å². The van der Waals surface area contributed by atoms with E-state index in [1.807, 2.05) is 0 Å². The van der Waals surface area contributed by atoms with Crippen LogP contribution in [0.25, 0.3) is 0 Å². The molecule has 0 heterocycles. The zero-order chi connectivity index (χ0) is 14.0. The zero-order valence-corrected chi connectivity index (χ0v) is 12.8. The fourth-order valence-electron chi connectivity index (χ4n) is 2.28. The molecule has 0 aliphatic heterocycles. The fourth-order valence-corrected chi connectivity index (χ4v) is 2.28. The number of carbonyl (C=O) groups is 1. The van der Waals surface area contributed by atoms with Gasteiger partial charge in [0, 0.05) is 6.42 Å². The second kappa shape index (κ2) is 10.1. The summed E-state index contributed by atoms with van der Waals surface area (Å²) < 4.78 is 0. The molecule has 0 aliphatic carbocycles. The van der Waals surface area contributed by atoms with Gasteiger partial charge >= 0.3 is 0 Å². The van der Waals surface area contributed by atoms with Gasteiger partial charge in [-0.25, -0.2) is 0 Å². The Bertz CT molecular complexity index is 275. The van der Waals surface area contributed by atoms with Crippen LogP contribution in [0.4, 0.5) is 0 Å². The lowest BCUT2D eigenvalue weighted by atomic mass is 9.92. The molecule has 18 heavy (non-hydrogen) atoms. The third kappa shape index (κ3) is 9.21. The molecule has 3 unspecified atom stereocenters. The Kier molecular flexibility index (Phi) is 9.63. The van der Waals surface area contributed by atoms with E-state index in [4.69, 9.17) is 0 Å². The van der Waals surface area contributed by atoms with Crippen molar-refractivity contribution in [3.05, 3.63) is 23.8 Å². The van der Waals surface area contributed by atoms with E-state index in [0.29, 0.717) is 24.2 Å². The van der Waals surface area contributed by atoms with Gasteiger partial charge in [0.25, 0.3) is 0 Å². The Labute approximate surface area is 113 Å². The number of rotatable bonds is 9. The van der Waals surface area contributed by atoms with Gasteiger partial charge in [-0.05, 0) is 50.9 Å². The van der Waals surface area contributed by atoms with Crippen LogP contribution in [0.2, 0.25) is 0 Å². The van der Waals surface area contributed by atoms with Crippen molar-refractivity contribution < 1.29 is 4.79 Å². The highest BCUT2D eigenvalue weighted by molar-refractivity contribution is 5.49. The quantitative estimate of drug-likeness (QED) is 0.407. The molecule has 0 fully saturated rings. The molecule has 0 saturated heterocycles. The fraction of sp³-hybridized carbons (Fsp3) is 0.706. The van der Waals surface area contributed by atoms with Crippen LogP contribution in [-0.2, 0) is 4.79 Å². The van der Waals surface area contributed by atoms with E-state index < -0.39 is 0 Å². The summed E-state index contributed by atoms with van der Waals surface area (Å²) in [6, 6.07) is 0. The normalized spacial score (nSPS) is 17.7. The predicted octanol–water partition coefficient (Wildman–Crippen LogP) is 5.18. The molecular weight excluding hydrogens is 220 g/mol. The molecule has 1 nitrogen and oxygen atoms in total. The molecule has 3 atom stereocenters. The first-order chi connectivity index (χ1) is 8.49. The van der Waals surface area contributed by atoms with Crippen LogP contribution in [0.15, 0.2) is 23.8 Å². The van der Waals surface area contributed by atoms with E-state index in [-0.39, 0.29) is 0 Å². The van der Waals surface area contributed by atoms with Crippen LogP contribution in [0.1, 0.15) is 60.3 Å². The molecule has 0 aromatic heterocycles. The average molecular weight is 250 g/mol. The van der Waals surface area contributed by atoms with Crippen molar-refractivity contribution in [3.8, 4) is 0 Å². The van der Waals surface area contributed by atoms with Gasteiger partial charge in [-0.15, -0.1) is 0 Å². The Balaban J connectivity index is 3.89. The van der Waals surface area contributed by atoms with Gasteiger partial charge in [0.1, 0.15) is 6.29 Å². The first-order valence-electron chi connectivity index (χ1n) is 7.21. The van der Waals surface area contributed by atoms with Crippen LogP contribution in [0.3, 0.4) is 0 Å². The van der Waals surface area contributed by atoms with Gasteiger partial charge in [-0.3, -0.25) is 0 Å². The maximum absolute atomic E-state index is 10.4. The number of hydrogen-bond acceptors (Lipinski definition) is 1. The number of allylic oxidation sites excluding steroid dienone is 4. The first-order valence-corrected chi connectivity index (χ1v) is 7.21. The van der Waals surface area contributed by atoms with E-state index in [9.17, 15) is 4.79 Å². The van der Waals surface area contributed by atoms with Crippen LogP contribution in [-0.4, -0.2) is 6.29 Å². The Morgan fingerprint density at radius 3 is 2.28 bits per heavy atom. The minimum Gasteiger partial charge on any atom is -0.303 e. The minimum atomic E-state index is 0.522. The molecule has 0 aromatic rings. The third-order valence-electron chi connectivity index (χ3n) is 3.44. The van der Waals surface area contributed by atoms with E-state index in [0.717, 1.165) is 25.5 Å². The van der Waals surface area contributed by atoms with Gasteiger partial charge < -0.3 is 4.79 Å². The van der Waals surface area contributed by atoms with E-state index in [2.05, 4.69) is 52.8 Å². The van der Waals surface area contributed by atoms with Gasteiger partial charge in [-0.2, -0.15) is 0 Å². The van der Waals surface area contributed by atoms with Crippen molar-refractivity contribution in [2.24, 2.45) is 17.8 Å². The molecule has 0 N–H and O–H groups in total. The SMILES string of the molecule is C/C=C(\C)CC(C)/C=C/CC(C)CC(C)CC=O. The Morgan fingerprint density at radius 2 is 1.72 bits per heavy atom. The van der Waals surface area contributed by atoms with Crippen LogP contribution in [0.5, 0.6) is 0 Å². The molecule has 104 valence electrons. The molecule has 0 bridgehead atoms. The van der Waals surface area contributed by atoms with Crippen molar-refractivity contribution in [1.82, 2.24) is 0 Å². The average Bonchev–Trinajstić information content (AvgIpc) is 2.28. The summed E-state index contributed by atoms with van der Waals surface area (Å²) in [6.07, 6.45) is 12.0. The van der Waals surface area contributed by atoms with Gasteiger partial charge in [0.2, 0.25) is 0 Å².